The molecule has 0 radical (unpaired) electrons. The zero-order valence-electron chi connectivity index (χ0n) is 11.1. The molecule has 1 aliphatic carbocycles. The molecule has 0 bridgehead atoms. The third-order valence-corrected chi connectivity index (χ3v) is 3.87. The molecule has 0 aromatic heterocycles. The lowest BCUT2D eigenvalue weighted by atomic mass is 10.0. The zero-order chi connectivity index (χ0) is 12.3. The Bertz CT molecular complexity index is 263. The molecule has 1 amide bonds. The van der Waals surface area contributed by atoms with Crippen molar-refractivity contribution in [2.24, 2.45) is 0 Å². The van der Waals surface area contributed by atoms with Gasteiger partial charge in [0.05, 0.1) is 6.04 Å². The van der Waals surface area contributed by atoms with Crippen LogP contribution in [0.3, 0.4) is 0 Å². The Kier molecular flexibility index (Phi) is 4.40. The minimum Gasteiger partial charge on any atom is -0.340 e. The fraction of sp³-hybridized carbons (Fsp3) is 0.923. The van der Waals surface area contributed by atoms with Gasteiger partial charge in [-0.1, -0.05) is 6.92 Å². The van der Waals surface area contributed by atoms with Crippen LogP contribution in [0.2, 0.25) is 0 Å². The fourth-order valence-corrected chi connectivity index (χ4v) is 2.57. The summed E-state index contributed by atoms with van der Waals surface area (Å²) in [6.07, 6.45) is 4.81. The van der Waals surface area contributed by atoms with Gasteiger partial charge in [-0.3, -0.25) is 4.79 Å². The van der Waals surface area contributed by atoms with Gasteiger partial charge in [0.1, 0.15) is 0 Å². The molecule has 1 unspecified atom stereocenters. The quantitative estimate of drug-likeness (QED) is 0.740. The van der Waals surface area contributed by atoms with Crippen LogP contribution < -0.4 is 5.32 Å². The van der Waals surface area contributed by atoms with Gasteiger partial charge in [0.25, 0.3) is 0 Å². The van der Waals surface area contributed by atoms with E-state index in [9.17, 15) is 4.79 Å². The van der Waals surface area contributed by atoms with Gasteiger partial charge in [0.15, 0.2) is 0 Å². The van der Waals surface area contributed by atoms with Gasteiger partial charge in [-0.05, 0) is 39.3 Å². The van der Waals surface area contributed by atoms with E-state index in [4.69, 9.17) is 0 Å². The number of carbonyl (C=O) groups excluding carboxylic acids is 1. The molecule has 98 valence electrons. The SMILES string of the molecule is CCNC1CCCN(CCN(C)C2CC2)C1=O. The predicted octanol–water partition coefficient (Wildman–Crippen LogP) is 0.681. The van der Waals surface area contributed by atoms with Crippen molar-refractivity contribution in [2.45, 2.75) is 44.7 Å². The Morgan fingerprint density at radius 1 is 1.41 bits per heavy atom. The Labute approximate surface area is 104 Å². The Balaban J connectivity index is 1.76. The molecule has 1 saturated heterocycles. The maximum absolute atomic E-state index is 12.2. The zero-order valence-corrected chi connectivity index (χ0v) is 11.1. The number of nitrogens with zero attached hydrogens (tertiary/aromatic N) is 2. The number of hydrogen-bond acceptors (Lipinski definition) is 3. The summed E-state index contributed by atoms with van der Waals surface area (Å²) in [5.41, 5.74) is 0. The summed E-state index contributed by atoms with van der Waals surface area (Å²) >= 11 is 0. The molecule has 0 aromatic rings. The van der Waals surface area contributed by atoms with E-state index in [0.717, 1.165) is 45.1 Å². The van der Waals surface area contributed by atoms with Gasteiger partial charge in [-0.25, -0.2) is 0 Å². The van der Waals surface area contributed by atoms with Crippen LogP contribution in [-0.2, 0) is 4.79 Å². The van der Waals surface area contributed by atoms with Crippen molar-refractivity contribution < 1.29 is 4.79 Å². The van der Waals surface area contributed by atoms with Crippen molar-refractivity contribution in [1.29, 1.82) is 0 Å². The first-order chi connectivity index (χ1) is 8.22. The van der Waals surface area contributed by atoms with Gasteiger partial charge in [0.2, 0.25) is 5.91 Å². The van der Waals surface area contributed by atoms with E-state index in [1.54, 1.807) is 0 Å². The average Bonchev–Trinajstić information content (AvgIpc) is 3.14. The summed E-state index contributed by atoms with van der Waals surface area (Å²) in [7, 11) is 2.17. The van der Waals surface area contributed by atoms with Gasteiger partial charge < -0.3 is 15.1 Å². The molecule has 1 heterocycles. The molecule has 2 fully saturated rings. The van der Waals surface area contributed by atoms with Gasteiger partial charge in [-0.15, -0.1) is 0 Å². The number of nitrogens with one attached hydrogen (secondary N) is 1. The van der Waals surface area contributed by atoms with Crippen LogP contribution in [0.1, 0.15) is 32.6 Å². The first-order valence-electron chi connectivity index (χ1n) is 6.94. The molecule has 4 heteroatoms. The first kappa shape index (κ1) is 12.8. The number of carbonyl (C=O) groups is 1. The van der Waals surface area contributed by atoms with Crippen LogP contribution in [0, 0.1) is 0 Å². The summed E-state index contributed by atoms with van der Waals surface area (Å²) in [5.74, 6) is 0.308. The van der Waals surface area contributed by atoms with Crippen LogP contribution in [0.4, 0.5) is 0 Å². The highest BCUT2D eigenvalue weighted by Gasteiger charge is 2.30. The molecule has 1 saturated carbocycles. The maximum Gasteiger partial charge on any atom is 0.239 e. The van der Waals surface area contributed by atoms with E-state index < -0.39 is 0 Å². The van der Waals surface area contributed by atoms with Crippen LogP contribution in [0.5, 0.6) is 0 Å². The van der Waals surface area contributed by atoms with Crippen LogP contribution in [-0.4, -0.2) is 61.0 Å². The van der Waals surface area contributed by atoms with E-state index in [1.165, 1.54) is 12.8 Å². The normalized spacial score (nSPS) is 25.7. The minimum absolute atomic E-state index is 0.0694. The van der Waals surface area contributed by atoms with Crippen molar-refractivity contribution in [1.82, 2.24) is 15.1 Å². The third-order valence-electron chi connectivity index (χ3n) is 3.87. The molecule has 2 aliphatic rings. The second kappa shape index (κ2) is 5.83. The standard InChI is InChI=1S/C13H25N3O/c1-3-14-12-5-4-8-16(13(12)17)10-9-15(2)11-6-7-11/h11-12,14H,3-10H2,1-2H3. The lowest BCUT2D eigenvalue weighted by Gasteiger charge is -2.33. The van der Waals surface area contributed by atoms with Crippen molar-refractivity contribution in [3.8, 4) is 0 Å². The van der Waals surface area contributed by atoms with Gasteiger partial charge in [-0.2, -0.15) is 0 Å². The van der Waals surface area contributed by atoms with E-state index in [2.05, 4.69) is 24.2 Å². The molecular formula is C13H25N3O. The molecule has 1 N–H and O–H groups in total. The van der Waals surface area contributed by atoms with E-state index in [-0.39, 0.29) is 6.04 Å². The van der Waals surface area contributed by atoms with E-state index in [0.29, 0.717) is 5.91 Å². The number of rotatable bonds is 6. The number of amides is 1. The minimum atomic E-state index is 0.0694. The largest absolute Gasteiger partial charge is 0.340 e. The highest BCUT2D eigenvalue weighted by atomic mass is 16.2. The lowest BCUT2D eigenvalue weighted by Crippen LogP contribution is -2.52. The predicted molar refractivity (Wildman–Crippen MR) is 68.9 cm³/mol. The number of piperidine rings is 1. The molecule has 0 spiro atoms. The third kappa shape index (κ3) is 3.42. The van der Waals surface area contributed by atoms with Crippen LogP contribution in [0.15, 0.2) is 0 Å². The first-order valence-corrected chi connectivity index (χ1v) is 6.94. The lowest BCUT2D eigenvalue weighted by molar-refractivity contribution is -0.136. The summed E-state index contributed by atoms with van der Waals surface area (Å²) in [6, 6.07) is 0.861. The summed E-state index contributed by atoms with van der Waals surface area (Å²) in [5, 5.41) is 3.28. The topological polar surface area (TPSA) is 35.6 Å². The molecular weight excluding hydrogens is 214 g/mol. The smallest absolute Gasteiger partial charge is 0.239 e. The number of likely N-dealkylation sites (N-methyl/N-ethyl adjacent to an activating group) is 2. The van der Waals surface area contributed by atoms with Gasteiger partial charge in [0, 0.05) is 25.7 Å². The highest BCUT2D eigenvalue weighted by Crippen LogP contribution is 2.25. The monoisotopic (exact) mass is 239 g/mol. The number of hydrogen-bond donors (Lipinski definition) is 1. The highest BCUT2D eigenvalue weighted by molar-refractivity contribution is 5.82. The molecule has 0 aromatic carbocycles. The molecule has 1 aliphatic heterocycles. The van der Waals surface area contributed by atoms with Crippen molar-refractivity contribution in [3.05, 3.63) is 0 Å². The molecule has 4 nitrogen and oxygen atoms in total. The Morgan fingerprint density at radius 2 is 2.18 bits per heavy atom. The second-order valence-corrected chi connectivity index (χ2v) is 5.29. The van der Waals surface area contributed by atoms with Crippen molar-refractivity contribution >= 4 is 5.91 Å². The van der Waals surface area contributed by atoms with Crippen LogP contribution in [0.25, 0.3) is 0 Å². The van der Waals surface area contributed by atoms with E-state index in [1.807, 2.05) is 4.90 Å². The average molecular weight is 239 g/mol. The second-order valence-electron chi connectivity index (χ2n) is 5.29. The molecule has 2 rings (SSSR count). The van der Waals surface area contributed by atoms with E-state index >= 15 is 0 Å². The maximum atomic E-state index is 12.2. The van der Waals surface area contributed by atoms with Crippen molar-refractivity contribution in [2.75, 3.05) is 33.2 Å². The number of likely N-dealkylation sites (tertiary alicyclic amines) is 1. The summed E-state index contributed by atoms with van der Waals surface area (Å²) in [4.78, 5) is 16.6. The molecule has 1 atom stereocenters. The Hall–Kier alpha value is -0.610. The summed E-state index contributed by atoms with van der Waals surface area (Å²) < 4.78 is 0. The molecule has 17 heavy (non-hydrogen) atoms. The summed E-state index contributed by atoms with van der Waals surface area (Å²) in [6.45, 7) is 5.81. The van der Waals surface area contributed by atoms with Gasteiger partial charge >= 0.3 is 0 Å². The Morgan fingerprint density at radius 3 is 2.82 bits per heavy atom. The van der Waals surface area contributed by atoms with Crippen molar-refractivity contribution in [3.63, 3.8) is 0 Å². The fourth-order valence-electron chi connectivity index (χ4n) is 2.57. The van der Waals surface area contributed by atoms with Crippen LogP contribution >= 0.6 is 0 Å².